The van der Waals surface area contributed by atoms with Crippen molar-refractivity contribution in [2.24, 2.45) is 0 Å². The molecule has 1 aromatic carbocycles. The fourth-order valence-electron chi connectivity index (χ4n) is 2.57. The highest BCUT2D eigenvalue weighted by atomic mass is 35.5. The lowest BCUT2D eigenvalue weighted by molar-refractivity contribution is 0.0938. The SMILES string of the molecule is CCOCCCNC(=O)c1nnn(-c2cc(Cl)cc(Cl)c2)c1CSc1ncccn1. The molecule has 3 aromatic rings. The first-order chi connectivity index (χ1) is 14.6. The van der Waals surface area contributed by atoms with Crippen molar-refractivity contribution >= 4 is 40.9 Å². The predicted molar refractivity (Wildman–Crippen MR) is 116 cm³/mol. The van der Waals surface area contributed by atoms with E-state index in [-0.39, 0.29) is 11.6 Å². The van der Waals surface area contributed by atoms with E-state index in [2.05, 4.69) is 25.6 Å². The molecule has 1 N–H and O–H groups in total. The molecule has 8 nitrogen and oxygen atoms in total. The summed E-state index contributed by atoms with van der Waals surface area (Å²) in [7, 11) is 0. The number of carbonyl (C=O) groups excluding carboxylic acids is 1. The molecule has 0 saturated carbocycles. The van der Waals surface area contributed by atoms with Gasteiger partial charge in [-0.1, -0.05) is 40.2 Å². The van der Waals surface area contributed by atoms with Crippen LogP contribution in [0.2, 0.25) is 10.0 Å². The Balaban J connectivity index is 1.84. The van der Waals surface area contributed by atoms with Crippen LogP contribution < -0.4 is 5.32 Å². The van der Waals surface area contributed by atoms with Gasteiger partial charge >= 0.3 is 0 Å². The Morgan fingerprint density at radius 2 is 1.93 bits per heavy atom. The molecule has 0 aliphatic heterocycles. The number of amides is 1. The number of hydrogen-bond acceptors (Lipinski definition) is 7. The quantitative estimate of drug-likeness (QED) is 0.275. The number of aromatic nitrogens is 5. The first-order valence-electron chi connectivity index (χ1n) is 9.25. The van der Waals surface area contributed by atoms with Crippen molar-refractivity contribution in [2.75, 3.05) is 19.8 Å². The van der Waals surface area contributed by atoms with E-state index in [1.54, 1.807) is 41.3 Å². The van der Waals surface area contributed by atoms with E-state index in [1.807, 2.05) is 6.92 Å². The molecule has 0 aliphatic rings. The highest BCUT2D eigenvalue weighted by molar-refractivity contribution is 7.98. The highest BCUT2D eigenvalue weighted by Crippen LogP contribution is 2.26. The lowest BCUT2D eigenvalue weighted by Crippen LogP contribution is -2.26. The van der Waals surface area contributed by atoms with Crippen LogP contribution in [-0.4, -0.2) is 50.6 Å². The molecule has 2 heterocycles. The zero-order valence-corrected chi connectivity index (χ0v) is 18.5. The molecule has 0 unspecified atom stereocenters. The summed E-state index contributed by atoms with van der Waals surface area (Å²) >= 11 is 13.7. The van der Waals surface area contributed by atoms with Crippen molar-refractivity contribution in [1.29, 1.82) is 0 Å². The maximum absolute atomic E-state index is 12.7. The third-order valence-corrected chi connectivity index (χ3v) is 5.23. The zero-order chi connectivity index (χ0) is 21.3. The largest absolute Gasteiger partial charge is 0.382 e. The Morgan fingerprint density at radius 3 is 2.63 bits per heavy atom. The minimum atomic E-state index is -0.310. The summed E-state index contributed by atoms with van der Waals surface area (Å²) in [4.78, 5) is 21.1. The van der Waals surface area contributed by atoms with Gasteiger partial charge in [-0.15, -0.1) is 5.10 Å². The fraction of sp³-hybridized carbons (Fsp3) is 0.316. The summed E-state index contributed by atoms with van der Waals surface area (Å²) in [6.07, 6.45) is 4.03. The summed E-state index contributed by atoms with van der Waals surface area (Å²) in [5, 5.41) is 12.6. The number of halogens is 2. The Bertz CT molecular complexity index is 966. The van der Waals surface area contributed by atoms with Crippen LogP contribution in [0, 0.1) is 0 Å². The smallest absolute Gasteiger partial charge is 0.273 e. The lowest BCUT2D eigenvalue weighted by Gasteiger charge is -2.09. The van der Waals surface area contributed by atoms with Gasteiger partial charge in [0.05, 0.1) is 11.4 Å². The van der Waals surface area contributed by atoms with E-state index in [1.165, 1.54) is 11.8 Å². The summed E-state index contributed by atoms with van der Waals surface area (Å²) in [6.45, 7) is 3.63. The Morgan fingerprint density at radius 1 is 1.20 bits per heavy atom. The molecule has 158 valence electrons. The van der Waals surface area contributed by atoms with Gasteiger partial charge < -0.3 is 10.1 Å². The fourth-order valence-corrected chi connectivity index (χ4v) is 3.88. The van der Waals surface area contributed by atoms with Gasteiger partial charge in [0, 0.05) is 48.0 Å². The van der Waals surface area contributed by atoms with E-state index in [0.717, 1.165) is 0 Å². The summed E-state index contributed by atoms with van der Waals surface area (Å²) in [5.74, 6) is 0.0681. The van der Waals surface area contributed by atoms with Crippen molar-refractivity contribution in [3.63, 3.8) is 0 Å². The van der Waals surface area contributed by atoms with Gasteiger partial charge in [0.15, 0.2) is 10.9 Å². The molecule has 3 rings (SSSR count). The number of carbonyl (C=O) groups is 1. The molecule has 0 atom stereocenters. The first kappa shape index (κ1) is 22.5. The van der Waals surface area contributed by atoms with Gasteiger partial charge in [-0.05, 0) is 37.6 Å². The molecule has 1 amide bonds. The minimum absolute atomic E-state index is 0.228. The Kier molecular flexibility index (Phi) is 8.44. The molecular formula is C19H20Cl2N6O2S. The Hall–Kier alpha value is -2.20. The molecule has 30 heavy (non-hydrogen) atoms. The molecule has 11 heteroatoms. The van der Waals surface area contributed by atoms with Crippen LogP contribution in [0.25, 0.3) is 5.69 Å². The Labute approximate surface area is 188 Å². The second-order valence-corrected chi connectivity index (χ2v) is 7.87. The lowest BCUT2D eigenvalue weighted by atomic mass is 10.2. The normalized spacial score (nSPS) is 10.9. The van der Waals surface area contributed by atoms with Crippen molar-refractivity contribution in [1.82, 2.24) is 30.3 Å². The van der Waals surface area contributed by atoms with Gasteiger partial charge in [0.25, 0.3) is 5.91 Å². The summed E-state index contributed by atoms with van der Waals surface area (Å²) in [6, 6.07) is 6.78. The van der Waals surface area contributed by atoms with Crippen molar-refractivity contribution < 1.29 is 9.53 Å². The first-order valence-corrected chi connectivity index (χ1v) is 11.0. The van der Waals surface area contributed by atoms with Gasteiger partial charge in [-0.3, -0.25) is 4.79 Å². The molecule has 0 fully saturated rings. The van der Waals surface area contributed by atoms with Crippen LogP contribution in [0.1, 0.15) is 29.5 Å². The van der Waals surface area contributed by atoms with Crippen LogP contribution in [0.15, 0.2) is 41.8 Å². The molecule has 0 bridgehead atoms. The van der Waals surface area contributed by atoms with Crippen molar-refractivity contribution in [2.45, 2.75) is 24.3 Å². The number of thioether (sulfide) groups is 1. The number of nitrogens with one attached hydrogen (secondary N) is 1. The number of rotatable bonds is 10. The zero-order valence-electron chi connectivity index (χ0n) is 16.2. The minimum Gasteiger partial charge on any atom is -0.382 e. The van der Waals surface area contributed by atoms with Crippen LogP contribution >= 0.6 is 35.0 Å². The predicted octanol–water partition coefficient (Wildman–Crippen LogP) is 3.81. The second kappa shape index (κ2) is 11.3. The number of ether oxygens (including phenoxy) is 1. The van der Waals surface area contributed by atoms with Crippen molar-refractivity contribution in [3.05, 3.63) is 58.1 Å². The van der Waals surface area contributed by atoms with E-state index >= 15 is 0 Å². The van der Waals surface area contributed by atoms with Gasteiger partial charge in [-0.2, -0.15) is 0 Å². The van der Waals surface area contributed by atoms with E-state index in [9.17, 15) is 4.79 Å². The monoisotopic (exact) mass is 466 g/mol. The van der Waals surface area contributed by atoms with Gasteiger partial charge in [0.2, 0.25) is 0 Å². The average Bonchev–Trinajstić information content (AvgIpc) is 3.16. The topological polar surface area (TPSA) is 94.8 Å². The van der Waals surface area contributed by atoms with Crippen LogP contribution in [0.5, 0.6) is 0 Å². The molecule has 0 spiro atoms. The maximum atomic E-state index is 12.7. The highest BCUT2D eigenvalue weighted by Gasteiger charge is 2.21. The van der Waals surface area contributed by atoms with E-state index in [0.29, 0.717) is 58.5 Å². The standard InChI is InChI=1S/C19H20Cl2N6O2S/c1-2-29-8-4-7-22-18(28)17-16(12-30-19-23-5-3-6-24-19)27(26-25-17)15-10-13(20)9-14(21)11-15/h3,5-6,9-11H,2,4,7-8,12H2,1H3,(H,22,28). The third kappa shape index (κ3) is 6.15. The van der Waals surface area contributed by atoms with Crippen LogP contribution in [-0.2, 0) is 10.5 Å². The number of hydrogen-bond donors (Lipinski definition) is 1. The number of nitrogens with zero attached hydrogens (tertiary/aromatic N) is 5. The van der Waals surface area contributed by atoms with Gasteiger partial charge in [0.1, 0.15) is 0 Å². The maximum Gasteiger partial charge on any atom is 0.273 e. The average molecular weight is 467 g/mol. The number of benzene rings is 1. The summed E-state index contributed by atoms with van der Waals surface area (Å²) < 4.78 is 6.85. The molecule has 2 aromatic heterocycles. The molecule has 0 radical (unpaired) electrons. The summed E-state index contributed by atoms with van der Waals surface area (Å²) in [5.41, 5.74) is 1.43. The van der Waals surface area contributed by atoms with Gasteiger partial charge in [-0.25, -0.2) is 14.6 Å². The molecular weight excluding hydrogens is 447 g/mol. The molecule has 0 aliphatic carbocycles. The third-order valence-electron chi connectivity index (χ3n) is 3.91. The molecule has 0 saturated heterocycles. The second-order valence-electron chi connectivity index (χ2n) is 6.05. The van der Waals surface area contributed by atoms with Crippen molar-refractivity contribution in [3.8, 4) is 5.69 Å². The van der Waals surface area contributed by atoms with Crippen LogP contribution in [0.4, 0.5) is 0 Å². The van der Waals surface area contributed by atoms with Crippen LogP contribution in [0.3, 0.4) is 0 Å². The van der Waals surface area contributed by atoms with E-state index in [4.69, 9.17) is 27.9 Å². The van der Waals surface area contributed by atoms with E-state index < -0.39 is 0 Å².